The van der Waals surface area contributed by atoms with Gasteiger partial charge in [-0.1, -0.05) is 30.3 Å². The molecule has 0 aromatic heterocycles. The molecule has 2 aromatic rings. The van der Waals surface area contributed by atoms with Crippen molar-refractivity contribution in [3.8, 4) is 5.75 Å². The second kappa shape index (κ2) is 7.86. The number of carbonyl (C=O) groups is 1. The molecule has 0 bridgehead atoms. The van der Waals surface area contributed by atoms with E-state index in [4.69, 9.17) is 9.47 Å². The lowest BCUT2D eigenvalue weighted by Gasteiger charge is -2.14. The van der Waals surface area contributed by atoms with Crippen LogP contribution in [0.5, 0.6) is 5.75 Å². The molecule has 0 amide bonds. The van der Waals surface area contributed by atoms with Crippen LogP contribution >= 0.6 is 0 Å². The fourth-order valence-corrected chi connectivity index (χ4v) is 2.19. The minimum absolute atomic E-state index is 0.115. The largest absolute Gasteiger partial charge is 0.489 e. The first-order chi connectivity index (χ1) is 11.4. The molecule has 0 unspecified atom stereocenters. The van der Waals surface area contributed by atoms with Crippen molar-refractivity contribution in [2.24, 2.45) is 0 Å². The Hall–Kier alpha value is -2.50. The fraction of sp³-hybridized carbons (Fsp3) is 0.278. The molecular weight excluding hydrogens is 321 g/mol. The number of esters is 1. The lowest BCUT2D eigenvalue weighted by molar-refractivity contribution is -0.143. The van der Waals surface area contributed by atoms with Crippen molar-refractivity contribution >= 4 is 5.97 Å². The molecule has 0 spiro atoms. The Morgan fingerprint density at radius 2 is 1.79 bits per heavy atom. The molecular formula is C18H17F3O3. The van der Waals surface area contributed by atoms with E-state index in [9.17, 15) is 18.0 Å². The van der Waals surface area contributed by atoms with Crippen LogP contribution in [-0.4, -0.2) is 12.6 Å². The van der Waals surface area contributed by atoms with Crippen LogP contribution in [0.3, 0.4) is 0 Å². The van der Waals surface area contributed by atoms with Gasteiger partial charge in [0.25, 0.3) is 0 Å². The topological polar surface area (TPSA) is 35.5 Å². The fourth-order valence-electron chi connectivity index (χ4n) is 2.19. The highest BCUT2D eigenvalue weighted by atomic mass is 19.4. The van der Waals surface area contributed by atoms with E-state index in [2.05, 4.69) is 0 Å². The standard InChI is InChI=1S/C18H17F3O3/c1-2-23-17(22)11-14-10-15(8-9-16(14)18(19,20)21)24-12-13-6-4-3-5-7-13/h3-10H,2,11-12H2,1H3. The summed E-state index contributed by atoms with van der Waals surface area (Å²) in [5, 5.41) is 0. The normalized spacial score (nSPS) is 11.2. The minimum atomic E-state index is -4.54. The van der Waals surface area contributed by atoms with Crippen LogP contribution in [0.1, 0.15) is 23.6 Å². The number of carbonyl (C=O) groups excluding carboxylic acids is 1. The predicted molar refractivity (Wildman–Crippen MR) is 82.6 cm³/mol. The van der Waals surface area contributed by atoms with Crippen LogP contribution < -0.4 is 4.74 Å². The van der Waals surface area contributed by atoms with E-state index in [0.29, 0.717) is 0 Å². The average Bonchev–Trinajstić information content (AvgIpc) is 2.53. The lowest BCUT2D eigenvalue weighted by atomic mass is 10.0. The Morgan fingerprint density at radius 1 is 1.08 bits per heavy atom. The smallest absolute Gasteiger partial charge is 0.416 e. The van der Waals surface area contributed by atoms with Crippen LogP contribution in [0.2, 0.25) is 0 Å². The molecule has 0 aliphatic carbocycles. The van der Waals surface area contributed by atoms with Gasteiger partial charge >= 0.3 is 12.1 Å². The summed E-state index contributed by atoms with van der Waals surface area (Å²) < 4.78 is 49.5. The Morgan fingerprint density at radius 3 is 2.42 bits per heavy atom. The van der Waals surface area contributed by atoms with Gasteiger partial charge < -0.3 is 9.47 Å². The Balaban J connectivity index is 2.19. The first-order valence-electron chi connectivity index (χ1n) is 7.42. The zero-order chi connectivity index (χ0) is 17.6. The van der Waals surface area contributed by atoms with E-state index in [1.807, 2.05) is 30.3 Å². The molecule has 0 aliphatic heterocycles. The molecule has 6 heteroatoms. The molecule has 0 radical (unpaired) electrons. The summed E-state index contributed by atoms with van der Waals surface area (Å²) in [6, 6.07) is 12.7. The third kappa shape index (κ3) is 5.01. The van der Waals surface area contributed by atoms with Crippen molar-refractivity contribution < 1.29 is 27.4 Å². The van der Waals surface area contributed by atoms with E-state index < -0.39 is 24.1 Å². The highest BCUT2D eigenvalue weighted by molar-refractivity contribution is 5.73. The molecule has 0 heterocycles. The zero-order valence-corrected chi connectivity index (χ0v) is 13.1. The monoisotopic (exact) mass is 338 g/mol. The molecule has 0 fully saturated rings. The van der Waals surface area contributed by atoms with Crippen LogP contribution in [0.25, 0.3) is 0 Å². The van der Waals surface area contributed by atoms with Crippen molar-refractivity contribution in [1.82, 2.24) is 0 Å². The summed E-state index contributed by atoms with van der Waals surface area (Å²) in [6.07, 6.45) is -5.00. The number of alkyl halides is 3. The molecule has 2 rings (SSSR count). The van der Waals surface area contributed by atoms with Crippen molar-refractivity contribution in [2.45, 2.75) is 26.1 Å². The van der Waals surface area contributed by atoms with Crippen LogP contribution in [-0.2, 0) is 28.7 Å². The molecule has 0 atom stereocenters. The van der Waals surface area contributed by atoms with Gasteiger partial charge in [-0.2, -0.15) is 13.2 Å². The molecule has 3 nitrogen and oxygen atoms in total. The SMILES string of the molecule is CCOC(=O)Cc1cc(OCc2ccccc2)ccc1C(F)(F)F. The summed E-state index contributed by atoms with van der Waals surface area (Å²) in [7, 11) is 0. The summed E-state index contributed by atoms with van der Waals surface area (Å²) in [6.45, 7) is 1.94. The number of benzene rings is 2. The number of rotatable bonds is 6. The third-order valence-electron chi connectivity index (χ3n) is 3.27. The second-order valence-corrected chi connectivity index (χ2v) is 5.07. The van der Waals surface area contributed by atoms with Gasteiger partial charge in [0, 0.05) is 0 Å². The predicted octanol–water partition coefficient (Wildman–Crippen LogP) is 4.39. The quantitative estimate of drug-likeness (QED) is 0.733. The van der Waals surface area contributed by atoms with Crippen molar-refractivity contribution in [1.29, 1.82) is 0 Å². The van der Waals surface area contributed by atoms with Gasteiger partial charge in [-0.15, -0.1) is 0 Å². The maximum atomic E-state index is 13.1. The number of hydrogen-bond acceptors (Lipinski definition) is 3. The summed E-state index contributed by atoms with van der Waals surface area (Å²) >= 11 is 0. The van der Waals surface area contributed by atoms with Gasteiger partial charge in [0.2, 0.25) is 0 Å². The molecule has 0 saturated carbocycles. The first kappa shape index (κ1) is 17.8. The van der Waals surface area contributed by atoms with Crippen LogP contribution in [0.15, 0.2) is 48.5 Å². The van der Waals surface area contributed by atoms with E-state index >= 15 is 0 Å². The van der Waals surface area contributed by atoms with Crippen molar-refractivity contribution in [2.75, 3.05) is 6.61 Å². The minimum Gasteiger partial charge on any atom is -0.489 e. The zero-order valence-electron chi connectivity index (χ0n) is 13.1. The Labute approximate surface area is 138 Å². The highest BCUT2D eigenvalue weighted by Crippen LogP contribution is 2.34. The van der Waals surface area contributed by atoms with Gasteiger partial charge in [0.15, 0.2) is 0 Å². The number of hydrogen-bond donors (Lipinski definition) is 0. The molecule has 2 aromatic carbocycles. The molecule has 0 saturated heterocycles. The average molecular weight is 338 g/mol. The third-order valence-corrected chi connectivity index (χ3v) is 3.27. The van der Waals surface area contributed by atoms with Gasteiger partial charge in [-0.05, 0) is 36.2 Å². The van der Waals surface area contributed by atoms with Crippen molar-refractivity contribution in [3.63, 3.8) is 0 Å². The van der Waals surface area contributed by atoms with Crippen LogP contribution in [0.4, 0.5) is 13.2 Å². The van der Waals surface area contributed by atoms with E-state index in [0.717, 1.165) is 11.6 Å². The Kier molecular flexibility index (Phi) is 5.84. The van der Waals surface area contributed by atoms with E-state index in [1.165, 1.54) is 12.1 Å². The van der Waals surface area contributed by atoms with Gasteiger partial charge in [0.1, 0.15) is 12.4 Å². The second-order valence-electron chi connectivity index (χ2n) is 5.07. The van der Waals surface area contributed by atoms with Gasteiger partial charge in [-0.25, -0.2) is 0 Å². The van der Waals surface area contributed by atoms with Crippen LogP contribution in [0, 0.1) is 0 Å². The first-order valence-corrected chi connectivity index (χ1v) is 7.42. The maximum Gasteiger partial charge on any atom is 0.416 e. The number of halogens is 3. The molecule has 128 valence electrons. The summed E-state index contributed by atoms with van der Waals surface area (Å²) in [5.74, 6) is -0.436. The Bertz CT molecular complexity index is 682. The molecule has 0 N–H and O–H groups in total. The molecule has 24 heavy (non-hydrogen) atoms. The lowest BCUT2D eigenvalue weighted by Crippen LogP contribution is -2.14. The van der Waals surface area contributed by atoms with Gasteiger partial charge in [0.05, 0.1) is 18.6 Å². The summed E-state index contributed by atoms with van der Waals surface area (Å²) in [4.78, 5) is 11.6. The maximum absolute atomic E-state index is 13.1. The number of ether oxygens (including phenoxy) is 2. The summed E-state index contributed by atoms with van der Waals surface area (Å²) in [5.41, 5.74) is -0.126. The molecule has 0 aliphatic rings. The highest BCUT2D eigenvalue weighted by Gasteiger charge is 2.34. The van der Waals surface area contributed by atoms with Crippen molar-refractivity contribution in [3.05, 3.63) is 65.2 Å². The van der Waals surface area contributed by atoms with E-state index in [-0.39, 0.29) is 24.5 Å². The van der Waals surface area contributed by atoms with Gasteiger partial charge in [-0.3, -0.25) is 4.79 Å². The van der Waals surface area contributed by atoms with E-state index in [1.54, 1.807) is 6.92 Å².